The number of nitrogens with one attached hydrogen (secondary N) is 2. The van der Waals surface area contributed by atoms with Gasteiger partial charge in [-0.15, -0.1) is 0 Å². The minimum atomic E-state index is -0.475. The number of aromatic amines is 1. The van der Waals surface area contributed by atoms with E-state index in [1.54, 1.807) is 12.3 Å². The van der Waals surface area contributed by atoms with Crippen LogP contribution in [0.25, 0.3) is 22.4 Å². The van der Waals surface area contributed by atoms with Crippen LogP contribution in [0.1, 0.15) is 0 Å². The second-order valence-corrected chi connectivity index (χ2v) is 7.29. The van der Waals surface area contributed by atoms with Gasteiger partial charge in [0.2, 0.25) is 5.95 Å². The molecule has 0 unspecified atom stereocenters. The van der Waals surface area contributed by atoms with Crippen molar-refractivity contribution in [1.29, 1.82) is 0 Å². The van der Waals surface area contributed by atoms with Gasteiger partial charge in [-0.2, -0.15) is 4.98 Å². The first kappa shape index (κ1) is 18.8. The Bertz CT molecular complexity index is 1170. The van der Waals surface area contributed by atoms with E-state index in [4.69, 9.17) is 26.3 Å². The van der Waals surface area contributed by atoms with Gasteiger partial charge in [0.25, 0.3) is 0 Å². The number of para-hydroxylation sites is 2. The van der Waals surface area contributed by atoms with Gasteiger partial charge < -0.3 is 19.9 Å². The molecule has 0 spiro atoms. The topological polar surface area (TPSA) is 79.0 Å². The van der Waals surface area contributed by atoms with Gasteiger partial charge in [0.1, 0.15) is 17.5 Å². The molecule has 0 bridgehead atoms. The quantitative estimate of drug-likeness (QED) is 0.505. The molecule has 0 atom stereocenters. The number of ether oxygens (including phenoxy) is 1. The van der Waals surface area contributed by atoms with Crippen molar-refractivity contribution < 1.29 is 9.13 Å². The molecule has 1 saturated heterocycles. The SMILES string of the molecule is Fc1ccc(Nc2ncc(-c3nc4ccccc4[nH]3)c(N3CCOCC3)n2)cc1Cl. The van der Waals surface area contributed by atoms with Crippen LogP contribution in [0.15, 0.2) is 48.7 Å². The molecule has 2 aromatic carbocycles. The van der Waals surface area contributed by atoms with Gasteiger partial charge in [0, 0.05) is 25.0 Å². The van der Waals surface area contributed by atoms with E-state index in [0.717, 1.165) is 22.4 Å². The first-order valence-corrected chi connectivity index (χ1v) is 9.92. The molecule has 0 saturated carbocycles. The lowest BCUT2D eigenvalue weighted by Crippen LogP contribution is -2.37. The third-order valence-electron chi connectivity index (χ3n) is 4.90. The third kappa shape index (κ3) is 3.67. The van der Waals surface area contributed by atoms with Crippen molar-refractivity contribution >= 4 is 40.1 Å². The second-order valence-electron chi connectivity index (χ2n) is 6.89. The van der Waals surface area contributed by atoms with Crippen LogP contribution >= 0.6 is 11.6 Å². The predicted octanol–water partition coefficient (Wildman–Crippen LogP) is 4.39. The number of fused-ring (bicyclic) bond motifs is 1. The number of halogens is 2. The molecular formula is C21H18ClFN6O. The molecule has 3 heterocycles. The Kier molecular flexibility index (Phi) is 4.94. The molecule has 5 rings (SSSR count). The zero-order chi connectivity index (χ0) is 20.5. The lowest BCUT2D eigenvalue weighted by molar-refractivity contribution is 0.122. The normalized spacial score (nSPS) is 14.3. The fraction of sp³-hybridized carbons (Fsp3) is 0.190. The van der Waals surface area contributed by atoms with Crippen LogP contribution in [-0.4, -0.2) is 46.2 Å². The number of benzene rings is 2. The fourth-order valence-corrected chi connectivity index (χ4v) is 3.58. The fourth-order valence-electron chi connectivity index (χ4n) is 3.40. The third-order valence-corrected chi connectivity index (χ3v) is 5.19. The average Bonchev–Trinajstić information content (AvgIpc) is 3.21. The molecule has 4 aromatic rings. The summed E-state index contributed by atoms with van der Waals surface area (Å²) in [6, 6.07) is 12.2. The van der Waals surface area contributed by atoms with Crippen molar-refractivity contribution in [2.45, 2.75) is 0 Å². The molecule has 30 heavy (non-hydrogen) atoms. The highest BCUT2D eigenvalue weighted by atomic mass is 35.5. The Labute approximate surface area is 176 Å². The molecule has 2 N–H and O–H groups in total. The van der Waals surface area contributed by atoms with E-state index in [1.165, 1.54) is 12.1 Å². The highest BCUT2D eigenvalue weighted by Crippen LogP contribution is 2.31. The van der Waals surface area contributed by atoms with Crippen molar-refractivity contribution in [3.05, 3.63) is 59.5 Å². The molecular weight excluding hydrogens is 407 g/mol. The summed E-state index contributed by atoms with van der Waals surface area (Å²) in [4.78, 5) is 19.4. The molecule has 0 radical (unpaired) electrons. The standard InChI is InChI=1S/C21H18ClFN6O/c22-15-11-13(5-6-16(15)23)25-21-24-12-14(20(28-21)29-7-9-30-10-8-29)19-26-17-3-1-2-4-18(17)27-19/h1-6,11-12H,7-10H2,(H,26,27)(H,24,25,28). The van der Waals surface area contributed by atoms with Gasteiger partial charge in [-0.25, -0.2) is 14.4 Å². The minimum absolute atomic E-state index is 0.0345. The van der Waals surface area contributed by atoms with E-state index in [9.17, 15) is 4.39 Å². The molecule has 0 aliphatic carbocycles. The Morgan fingerprint density at radius 3 is 2.73 bits per heavy atom. The van der Waals surface area contributed by atoms with Gasteiger partial charge in [0.05, 0.1) is 34.8 Å². The molecule has 152 valence electrons. The molecule has 7 nitrogen and oxygen atoms in total. The number of H-pyrrole nitrogens is 1. The van der Waals surface area contributed by atoms with E-state index < -0.39 is 5.82 Å². The predicted molar refractivity (Wildman–Crippen MR) is 115 cm³/mol. The van der Waals surface area contributed by atoms with Crippen LogP contribution in [-0.2, 0) is 4.74 Å². The van der Waals surface area contributed by atoms with Gasteiger partial charge in [-0.05, 0) is 30.3 Å². The lowest BCUT2D eigenvalue weighted by Gasteiger charge is -2.29. The zero-order valence-corrected chi connectivity index (χ0v) is 16.7. The smallest absolute Gasteiger partial charge is 0.229 e. The van der Waals surface area contributed by atoms with Crippen molar-refractivity contribution in [2.24, 2.45) is 0 Å². The lowest BCUT2D eigenvalue weighted by atomic mass is 10.2. The second kappa shape index (κ2) is 7.89. The van der Waals surface area contributed by atoms with Gasteiger partial charge in [0.15, 0.2) is 0 Å². The summed E-state index contributed by atoms with van der Waals surface area (Å²) < 4.78 is 18.9. The molecule has 1 aliphatic heterocycles. The average molecular weight is 425 g/mol. The Balaban J connectivity index is 1.55. The number of morpholine rings is 1. The van der Waals surface area contributed by atoms with Crippen molar-refractivity contribution in [3.8, 4) is 11.4 Å². The number of imidazole rings is 1. The Hall–Kier alpha value is -3.23. The number of rotatable bonds is 4. The first-order valence-electron chi connectivity index (χ1n) is 9.54. The zero-order valence-electron chi connectivity index (χ0n) is 15.9. The summed E-state index contributed by atoms with van der Waals surface area (Å²) in [5.41, 5.74) is 3.23. The highest BCUT2D eigenvalue weighted by Gasteiger charge is 2.21. The van der Waals surface area contributed by atoms with Crippen LogP contribution in [0.3, 0.4) is 0 Å². The maximum atomic E-state index is 13.5. The number of hydrogen-bond donors (Lipinski definition) is 2. The number of aromatic nitrogens is 4. The van der Waals surface area contributed by atoms with Crippen LogP contribution in [0.2, 0.25) is 5.02 Å². The number of nitrogens with zero attached hydrogens (tertiary/aromatic N) is 4. The molecule has 9 heteroatoms. The van der Waals surface area contributed by atoms with E-state index in [2.05, 4.69) is 20.2 Å². The monoisotopic (exact) mass is 424 g/mol. The summed E-state index contributed by atoms with van der Waals surface area (Å²) in [7, 11) is 0. The number of hydrogen-bond acceptors (Lipinski definition) is 6. The Morgan fingerprint density at radius 2 is 1.93 bits per heavy atom. The highest BCUT2D eigenvalue weighted by molar-refractivity contribution is 6.31. The molecule has 0 amide bonds. The summed E-state index contributed by atoms with van der Waals surface area (Å²) >= 11 is 5.89. The van der Waals surface area contributed by atoms with Crippen molar-refractivity contribution in [1.82, 2.24) is 19.9 Å². The first-order chi connectivity index (χ1) is 14.7. The van der Waals surface area contributed by atoms with Crippen LogP contribution in [0.5, 0.6) is 0 Å². The number of anilines is 3. The van der Waals surface area contributed by atoms with Crippen molar-refractivity contribution in [2.75, 3.05) is 36.5 Å². The maximum absolute atomic E-state index is 13.5. The van der Waals surface area contributed by atoms with E-state index in [0.29, 0.717) is 43.8 Å². The summed E-state index contributed by atoms with van der Waals surface area (Å²) in [6.07, 6.45) is 1.74. The summed E-state index contributed by atoms with van der Waals surface area (Å²) in [6.45, 7) is 2.68. The van der Waals surface area contributed by atoms with Gasteiger partial charge in [-0.3, -0.25) is 0 Å². The van der Waals surface area contributed by atoms with E-state index >= 15 is 0 Å². The van der Waals surface area contributed by atoms with Gasteiger partial charge in [-0.1, -0.05) is 23.7 Å². The molecule has 1 fully saturated rings. The van der Waals surface area contributed by atoms with Crippen LogP contribution < -0.4 is 10.2 Å². The van der Waals surface area contributed by atoms with E-state index in [1.807, 2.05) is 24.3 Å². The maximum Gasteiger partial charge on any atom is 0.229 e. The summed E-state index contributed by atoms with van der Waals surface area (Å²) in [5.74, 6) is 1.37. The molecule has 1 aliphatic rings. The van der Waals surface area contributed by atoms with Crippen LogP contribution in [0, 0.1) is 5.82 Å². The Morgan fingerprint density at radius 1 is 1.10 bits per heavy atom. The minimum Gasteiger partial charge on any atom is -0.378 e. The molecule has 2 aromatic heterocycles. The van der Waals surface area contributed by atoms with Crippen LogP contribution in [0.4, 0.5) is 21.8 Å². The van der Waals surface area contributed by atoms with Crippen molar-refractivity contribution in [3.63, 3.8) is 0 Å². The van der Waals surface area contributed by atoms with E-state index in [-0.39, 0.29) is 5.02 Å². The summed E-state index contributed by atoms with van der Waals surface area (Å²) in [5, 5.41) is 3.13. The van der Waals surface area contributed by atoms with Gasteiger partial charge >= 0.3 is 0 Å². The largest absolute Gasteiger partial charge is 0.378 e.